The molecule has 21 heavy (non-hydrogen) atoms. The number of amides is 1. The van der Waals surface area contributed by atoms with Crippen LogP contribution in [0.15, 0.2) is 18.2 Å². The Kier molecular flexibility index (Phi) is 4.29. The van der Waals surface area contributed by atoms with Gasteiger partial charge in [-0.3, -0.25) is 4.79 Å². The first-order chi connectivity index (χ1) is 10.1. The maximum atomic E-state index is 11.5. The first-order valence-corrected chi connectivity index (χ1v) is 8.10. The van der Waals surface area contributed by atoms with Crippen LogP contribution >= 0.6 is 0 Å². The summed E-state index contributed by atoms with van der Waals surface area (Å²) in [5.41, 5.74) is 3.17. The highest BCUT2D eigenvalue weighted by Crippen LogP contribution is 2.36. The van der Waals surface area contributed by atoms with E-state index in [-0.39, 0.29) is 5.91 Å². The van der Waals surface area contributed by atoms with Gasteiger partial charge in [-0.25, -0.2) is 0 Å². The Hall–Kier alpha value is -1.35. The van der Waals surface area contributed by atoms with Crippen LogP contribution in [-0.4, -0.2) is 30.6 Å². The third kappa shape index (κ3) is 3.65. The van der Waals surface area contributed by atoms with Crippen molar-refractivity contribution >= 4 is 5.91 Å². The minimum Gasteiger partial charge on any atom is -0.378 e. The van der Waals surface area contributed by atoms with Crippen LogP contribution in [-0.2, 0) is 11.3 Å². The number of carbonyl (C=O) groups excluding carboxylic acids is 1. The van der Waals surface area contributed by atoms with Crippen LogP contribution in [0.4, 0.5) is 0 Å². The second-order valence-corrected chi connectivity index (χ2v) is 6.64. The molecule has 0 aromatic heterocycles. The van der Waals surface area contributed by atoms with Crippen molar-refractivity contribution in [2.45, 2.75) is 51.7 Å². The third-order valence-electron chi connectivity index (χ3n) is 4.57. The van der Waals surface area contributed by atoms with Gasteiger partial charge in [-0.15, -0.1) is 0 Å². The fourth-order valence-corrected chi connectivity index (χ4v) is 3.12. The molecule has 3 heteroatoms. The summed E-state index contributed by atoms with van der Waals surface area (Å²) in [7, 11) is 1.83. The van der Waals surface area contributed by atoms with Gasteiger partial charge in [-0.2, -0.15) is 0 Å². The zero-order chi connectivity index (χ0) is 14.8. The van der Waals surface area contributed by atoms with Crippen LogP contribution in [0, 0.1) is 12.8 Å². The molecule has 1 amide bonds. The molecule has 1 saturated heterocycles. The first-order valence-electron chi connectivity index (χ1n) is 8.10. The molecular formula is C18H25NO2. The van der Waals surface area contributed by atoms with E-state index in [0.717, 1.165) is 35.8 Å². The molecule has 114 valence electrons. The quantitative estimate of drug-likeness (QED) is 0.832. The molecule has 3 aliphatic rings. The lowest BCUT2D eigenvalue weighted by Gasteiger charge is -2.05. The van der Waals surface area contributed by atoms with Crippen molar-refractivity contribution < 1.29 is 9.53 Å². The van der Waals surface area contributed by atoms with Gasteiger partial charge in [0.25, 0.3) is 5.91 Å². The topological polar surface area (TPSA) is 29.5 Å². The predicted octanol–water partition coefficient (Wildman–Crippen LogP) is 3.55. The van der Waals surface area contributed by atoms with Crippen molar-refractivity contribution in [2.24, 2.45) is 5.92 Å². The van der Waals surface area contributed by atoms with Crippen molar-refractivity contribution in [1.82, 2.24) is 4.90 Å². The first kappa shape index (κ1) is 14.6. The van der Waals surface area contributed by atoms with E-state index in [1.54, 1.807) is 4.90 Å². The molecule has 0 spiro atoms. The highest BCUT2D eigenvalue weighted by molar-refractivity contribution is 5.98. The van der Waals surface area contributed by atoms with E-state index in [9.17, 15) is 4.79 Å². The fraction of sp³-hybridized carbons (Fsp3) is 0.611. The number of hydrogen-bond donors (Lipinski definition) is 0. The summed E-state index contributed by atoms with van der Waals surface area (Å²) in [6.45, 7) is 3.79. The van der Waals surface area contributed by atoms with Crippen molar-refractivity contribution in [1.29, 1.82) is 0 Å². The van der Waals surface area contributed by atoms with E-state index >= 15 is 0 Å². The van der Waals surface area contributed by atoms with Crippen molar-refractivity contribution in [2.75, 3.05) is 13.7 Å². The third-order valence-corrected chi connectivity index (χ3v) is 4.57. The van der Waals surface area contributed by atoms with Crippen molar-refractivity contribution in [3.05, 3.63) is 34.9 Å². The Balaban J connectivity index is 0.000000131. The van der Waals surface area contributed by atoms with Gasteiger partial charge in [0.1, 0.15) is 0 Å². The monoisotopic (exact) mass is 287 g/mol. The number of carbonyl (C=O) groups is 1. The average Bonchev–Trinajstić information content (AvgIpc) is 3.04. The molecule has 1 atom stereocenters. The van der Waals surface area contributed by atoms with E-state index in [1.165, 1.54) is 32.1 Å². The highest BCUT2D eigenvalue weighted by Gasteiger charge is 2.27. The van der Waals surface area contributed by atoms with Crippen LogP contribution in [0.3, 0.4) is 0 Å². The zero-order valence-electron chi connectivity index (χ0n) is 13.1. The summed E-state index contributed by atoms with van der Waals surface area (Å²) in [6.07, 6.45) is 7.59. The summed E-state index contributed by atoms with van der Waals surface area (Å²) in [5, 5.41) is 0. The van der Waals surface area contributed by atoms with Crippen LogP contribution < -0.4 is 0 Å². The number of ether oxygens (including phenoxy) is 1. The maximum absolute atomic E-state index is 11.5. The minimum atomic E-state index is 0.147. The summed E-state index contributed by atoms with van der Waals surface area (Å²) in [5.74, 6) is 1.20. The lowest BCUT2D eigenvalue weighted by Crippen LogP contribution is -2.17. The van der Waals surface area contributed by atoms with E-state index in [2.05, 4.69) is 0 Å². The smallest absolute Gasteiger partial charge is 0.254 e. The molecular weight excluding hydrogens is 262 g/mol. The molecule has 2 fully saturated rings. The number of benzene rings is 1. The molecule has 1 aromatic rings. The molecule has 1 aromatic carbocycles. The predicted molar refractivity (Wildman–Crippen MR) is 83.3 cm³/mol. The lowest BCUT2D eigenvalue weighted by molar-refractivity contribution is 0.0816. The van der Waals surface area contributed by atoms with Gasteiger partial charge in [-0.1, -0.05) is 30.5 Å². The number of hydrogen-bond acceptors (Lipinski definition) is 2. The average molecular weight is 287 g/mol. The maximum Gasteiger partial charge on any atom is 0.254 e. The Morgan fingerprint density at radius 1 is 1.29 bits per heavy atom. The molecule has 4 rings (SSSR count). The molecule has 1 aliphatic carbocycles. The minimum absolute atomic E-state index is 0.147. The van der Waals surface area contributed by atoms with Gasteiger partial charge < -0.3 is 9.64 Å². The van der Waals surface area contributed by atoms with E-state index in [4.69, 9.17) is 4.74 Å². The number of aryl methyl sites for hydroxylation is 1. The molecule has 2 aliphatic heterocycles. The van der Waals surface area contributed by atoms with E-state index in [1.807, 2.05) is 32.2 Å². The van der Waals surface area contributed by atoms with Gasteiger partial charge in [0.15, 0.2) is 0 Å². The molecule has 1 saturated carbocycles. The van der Waals surface area contributed by atoms with Gasteiger partial charge >= 0.3 is 0 Å². The number of rotatable bonds is 2. The molecule has 3 nitrogen and oxygen atoms in total. The van der Waals surface area contributed by atoms with E-state index < -0.39 is 0 Å². The van der Waals surface area contributed by atoms with Crippen LogP contribution in [0.2, 0.25) is 0 Å². The normalized spacial score (nSPS) is 23.8. The van der Waals surface area contributed by atoms with Crippen molar-refractivity contribution in [3.8, 4) is 0 Å². The summed E-state index contributed by atoms with van der Waals surface area (Å²) >= 11 is 0. The molecule has 2 heterocycles. The van der Waals surface area contributed by atoms with Crippen LogP contribution in [0.25, 0.3) is 0 Å². The van der Waals surface area contributed by atoms with E-state index in [0.29, 0.717) is 6.10 Å². The second-order valence-electron chi connectivity index (χ2n) is 6.64. The lowest BCUT2D eigenvalue weighted by atomic mass is 10.1. The zero-order valence-corrected chi connectivity index (χ0v) is 13.1. The van der Waals surface area contributed by atoms with Crippen molar-refractivity contribution in [3.63, 3.8) is 0 Å². The SMILES string of the molecule is C1COC(CC2CC2)C1.Cc1ccc2c(c1)C(=O)N(C)C2. The van der Waals surface area contributed by atoms with Gasteiger partial charge in [-0.05, 0) is 43.7 Å². The Morgan fingerprint density at radius 2 is 2.10 bits per heavy atom. The van der Waals surface area contributed by atoms with Gasteiger partial charge in [0.05, 0.1) is 6.10 Å². The number of fused-ring (bicyclic) bond motifs is 1. The van der Waals surface area contributed by atoms with Crippen LogP contribution in [0.1, 0.15) is 53.6 Å². The molecule has 1 unspecified atom stereocenters. The summed E-state index contributed by atoms with van der Waals surface area (Å²) in [4.78, 5) is 13.2. The summed E-state index contributed by atoms with van der Waals surface area (Å²) < 4.78 is 5.50. The van der Waals surface area contributed by atoms with Gasteiger partial charge in [0, 0.05) is 25.8 Å². The van der Waals surface area contributed by atoms with Gasteiger partial charge in [0.2, 0.25) is 0 Å². The fourth-order valence-electron chi connectivity index (χ4n) is 3.12. The highest BCUT2D eigenvalue weighted by atomic mass is 16.5. The molecule has 0 radical (unpaired) electrons. The second kappa shape index (κ2) is 6.18. The molecule has 0 bridgehead atoms. The Bertz CT molecular complexity index is 516. The standard InChI is InChI=1S/C10H11NO.C8H14O/c1-7-3-4-8-6-11(2)10(12)9(8)5-7;1-2-8(9-5-1)6-7-3-4-7/h3-5H,6H2,1-2H3;7-8H,1-6H2. The molecule has 0 N–H and O–H groups in total. The largest absolute Gasteiger partial charge is 0.378 e. The van der Waals surface area contributed by atoms with Crippen LogP contribution in [0.5, 0.6) is 0 Å². The number of nitrogens with zero attached hydrogens (tertiary/aromatic N) is 1. The summed E-state index contributed by atoms with van der Waals surface area (Å²) in [6, 6.07) is 6.04. The Morgan fingerprint density at radius 3 is 2.76 bits per heavy atom. The Labute approximate surface area is 127 Å².